The second-order valence-corrected chi connectivity index (χ2v) is 5.15. The summed E-state index contributed by atoms with van der Waals surface area (Å²) in [4.78, 5) is 0. The quantitative estimate of drug-likeness (QED) is 0.860. The van der Waals surface area contributed by atoms with Gasteiger partial charge in [0, 0.05) is 0 Å². The van der Waals surface area contributed by atoms with Gasteiger partial charge in [0.15, 0.2) is 0 Å². The van der Waals surface area contributed by atoms with E-state index in [4.69, 9.17) is 5.73 Å². The first kappa shape index (κ1) is 13.5. The van der Waals surface area contributed by atoms with Crippen LogP contribution in [0.3, 0.4) is 0 Å². The van der Waals surface area contributed by atoms with E-state index in [0.717, 1.165) is 6.54 Å². The minimum absolute atomic E-state index is 0. The Morgan fingerprint density at radius 2 is 1.94 bits per heavy atom. The molecule has 2 N–H and O–H groups in total. The summed E-state index contributed by atoms with van der Waals surface area (Å²) in [5.74, 6) is 0. The first-order valence-corrected chi connectivity index (χ1v) is 6.00. The van der Waals surface area contributed by atoms with E-state index in [-0.39, 0.29) is 12.4 Å². The van der Waals surface area contributed by atoms with E-state index < -0.39 is 0 Å². The molecule has 0 amide bonds. The molecule has 0 bridgehead atoms. The molecule has 1 aromatic carbocycles. The van der Waals surface area contributed by atoms with Gasteiger partial charge in [-0.05, 0) is 55.2 Å². The van der Waals surface area contributed by atoms with Gasteiger partial charge >= 0.3 is 0 Å². The summed E-state index contributed by atoms with van der Waals surface area (Å²) in [5, 5.41) is 0. The third-order valence-electron chi connectivity index (χ3n) is 3.72. The van der Waals surface area contributed by atoms with Crippen molar-refractivity contribution in [1.82, 2.24) is 0 Å². The van der Waals surface area contributed by atoms with E-state index in [1.54, 1.807) is 11.1 Å². The number of hydrogen-bond acceptors (Lipinski definition) is 1. The lowest BCUT2D eigenvalue weighted by molar-refractivity contribution is 0.251. The standard InChI is InChI=1S/C14H21N.ClH/c1-14(8-4-10-15)9-7-12-5-2-3-6-13(12)11-14;/h2-3,5-6H,4,7-11,15H2,1H3;1H. The Morgan fingerprint density at radius 3 is 2.62 bits per heavy atom. The first-order valence-electron chi connectivity index (χ1n) is 6.00. The normalized spacial score (nSPS) is 23.4. The summed E-state index contributed by atoms with van der Waals surface area (Å²) in [6.07, 6.45) is 6.25. The molecule has 0 spiro atoms. The predicted molar refractivity (Wildman–Crippen MR) is 72.1 cm³/mol. The van der Waals surface area contributed by atoms with Crippen LogP contribution in [0.15, 0.2) is 24.3 Å². The van der Waals surface area contributed by atoms with Gasteiger partial charge in [-0.2, -0.15) is 0 Å². The van der Waals surface area contributed by atoms with Gasteiger partial charge in [-0.3, -0.25) is 0 Å². The van der Waals surface area contributed by atoms with Crippen LogP contribution < -0.4 is 5.73 Å². The monoisotopic (exact) mass is 239 g/mol. The van der Waals surface area contributed by atoms with Gasteiger partial charge in [-0.1, -0.05) is 31.2 Å². The smallest absolute Gasteiger partial charge is 0.00771 e. The van der Waals surface area contributed by atoms with Crippen molar-refractivity contribution in [2.45, 2.75) is 39.0 Å². The molecule has 1 nitrogen and oxygen atoms in total. The van der Waals surface area contributed by atoms with Gasteiger partial charge in [-0.15, -0.1) is 12.4 Å². The highest BCUT2D eigenvalue weighted by molar-refractivity contribution is 5.85. The van der Waals surface area contributed by atoms with Gasteiger partial charge < -0.3 is 5.73 Å². The van der Waals surface area contributed by atoms with Crippen molar-refractivity contribution in [2.75, 3.05) is 6.54 Å². The van der Waals surface area contributed by atoms with Gasteiger partial charge in [0.05, 0.1) is 0 Å². The third kappa shape index (κ3) is 2.99. The lowest BCUT2D eigenvalue weighted by atomic mass is 9.70. The molecule has 0 aliphatic heterocycles. The number of fused-ring (bicyclic) bond motifs is 1. The van der Waals surface area contributed by atoms with Crippen LogP contribution in [0.2, 0.25) is 0 Å². The molecule has 0 saturated heterocycles. The summed E-state index contributed by atoms with van der Waals surface area (Å²) in [7, 11) is 0. The molecule has 0 saturated carbocycles. The number of nitrogens with two attached hydrogens (primary N) is 1. The van der Waals surface area contributed by atoms with Crippen LogP contribution in [0.5, 0.6) is 0 Å². The molecule has 0 radical (unpaired) electrons. The Morgan fingerprint density at radius 1 is 1.25 bits per heavy atom. The SMILES string of the molecule is CC1(CCCN)CCc2ccccc2C1.Cl. The van der Waals surface area contributed by atoms with Crippen LogP contribution in [0.4, 0.5) is 0 Å². The maximum Gasteiger partial charge on any atom is -0.00771 e. The van der Waals surface area contributed by atoms with Gasteiger partial charge in [0.2, 0.25) is 0 Å². The second kappa shape index (κ2) is 5.70. The molecule has 2 heteroatoms. The van der Waals surface area contributed by atoms with E-state index in [0.29, 0.717) is 5.41 Å². The third-order valence-corrected chi connectivity index (χ3v) is 3.72. The molecular weight excluding hydrogens is 218 g/mol. The Hall–Kier alpha value is -0.530. The maximum absolute atomic E-state index is 5.60. The van der Waals surface area contributed by atoms with Crippen LogP contribution in [-0.2, 0) is 12.8 Å². The molecule has 0 fully saturated rings. The fourth-order valence-corrected chi connectivity index (χ4v) is 2.70. The second-order valence-electron chi connectivity index (χ2n) is 5.15. The summed E-state index contributed by atoms with van der Waals surface area (Å²) < 4.78 is 0. The fraction of sp³-hybridized carbons (Fsp3) is 0.571. The number of rotatable bonds is 3. The maximum atomic E-state index is 5.60. The zero-order chi connectivity index (χ0) is 10.7. The van der Waals surface area contributed by atoms with E-state index in [1.165, 1.54) is 32.1 Å². The van der Waals surface area contributed by atoms with Crippen LogP contribution in [-0.4, -0.2) is 6.54 Å². The molecule has 0 aromatic heterocycles. The summed E-state index contributed by atoms with van der Waals surface area (Å²) in [5.41, 5.74) is 9.21. The van der Waals surface area contributed by atoms with Gasteiger partial charge in [0.1, 0.15) is 0 Å². The molecule has 2 rings (SSSR count). The Balaban J connectivity index is 0.00000128. The fourth-order valence-electron chi connectivity index (χ4n) is 2.70. The zero-order valence-electron chi connectivity index (χ0n) is 10.0. The van der Waals surface area contributed by atoms with E-state index in [1.807, 2.05) is 0 Å². The number of aryl methyl sites for hydroxylation is 1. The van der Waals surface area contributed by atoms with Gasteiger partial charge in [0.25, 0.3) is 0 Å². The molecule has 1 atom stereocenters. The van der Waals surface area contributed by atoms with Crippen molar-refractivity contribution in [3.63, 3.8) is 0 Å². The lowest BCUT2D eigenvalue weighted by Crippen LogP contribution is -2.26. The van der Waals surface area contributed by atoms with Crippen LogP contribution in [0.1, 0.15) is 37.3 Å². The molecular formula is C14H22ClN. The van der Waals surface area contributed by atoms with Crippen LogP contribution >= 0.6 is 12.4 Å². The minimum atomic E-state index is 0. The Labute approximate surface area is 105 Å². The van der Waals surface area contributed by atoms with E-state index >= 15 is 0 Å². The average Bonchev–Trinajstić information content (AvgIpc) is 2.26. The summed E-state index contributed by atoms with van der Waals surface area (Å²) >= 11 is 0. The van der Waals surface area contributed by atoms with Crippen molar-refractivity contribution in [3.05, 3.63) is 35.4 Å². The Kier molecular flexibility index (Phi) is 4.82. The summed E-state index contributed by atoms with van der Waals surface area (Å²) in [6, 6.07) is 8.88. The molecule has 1 aromatic rings. The predicted octanol–water partition coefficient (Wildman–Crippen LogP) is 3.34. The number of halogens is 1. The minimum Gasteiger partial charge on any atom is -0.330 e. The van der Waals surface area contributed by atoms with E-state index in [2.05, 4.69) is 31.2 Å². The van der Waals surface area contributed by atoms with Crippen LogP contribution in [0, 0.1) is 5.41 Å². The molecule has 0 heterocycles. The number of benzene rings is 1. The highest BCUT2D eigenvalue weighted by Crippen LogP contribution is 2.38. The summed E-state index contributed by atoms with van der Waals surface area (Å²) in [6.45, 7) is 3.25. The van der Waals surface area contributed by atoms with Gasteiger partial charge in [-0.25, -0.2) is 0 Å². The van der Waals surface area contributed by atoms with Crippen LogP contribution in [0.25, 0.3) is 0 Å². The molecule has 1 aliphatic carbocycles. The van der Waals surface area contributed by atoms with Crippen molar-refractivity contribution in [2.24, 2.45) is 11.1 Å². The van der Waals surface area contributed by atoms with Crippen molar-refractivity contribution >= 4 is 12.4 Å². The molecule has 16 heavy (non-hydrogen) atoms. The first-order chi connectivity index (χ1) is 7.23. The number of hydrogen-bond donors (Lipinski definition) is 1. The average molecular weight is 240 g/mol. The zero-order valence-corrected chi connectivity index (χ0v) is 10.9. The molecule has 1 unspecified atom stereocenters. The lowest BCUT2D eigenvalue weighted by Gasteiger charge is -2.35. The topological polar surface area (TPSA) is 26.0 Å². The highest BCUT2D eigenvalue weighted by atomic mass is 35.5. The molecule has 1 aliphatic rings. The van der Waals surface area contributed by atoms with Crippen molar-refractivity contribution in [1.29, 1.82) is 0 Å². The highest BCUT2D eigenvalue weighted by Gasteiger charge is 2.28. The van der Waals surface area contributed by atoms with E-state index in [9.17, 15) is 0 Å². The van der Waals surface area contributed by atoms with Crippen molar-refractivity contribution < 1.29 is 0 Å². The molecule has 90 valence electrons. The Bertz CT molecular complexity index is 337. The largest absolute Gasteiger partial charge is 0.330 e. The van der Waals surface area contributed by atoms with Crippen molar-refractivity contribution in [3.8, 4) is 0 Å².